The van der Waals surface area contributed by atoms with Crippen molar-refractivity contribution in [2.24, 2.45) is 0 Å². The molecule has 2 unspecified atom stereocenters. The van der Waals surface area contributed by atoms with E-state index in [1.807, 2.05) is 18.2 Å². The summed E-state index contributed by atoms with van der Waals surface area (Å²) in [4.78, 5) is 0. The Hall–Kier alpha value is -1.73. The van der Waals surface area contributed by atoms with Crippen molar-refractivity contribution in [3.8, 4) is 17.6 Å². The van der Waals surface area contributed by atoms with Crippen LogP contribution >= 0.6 is 0 Å². The molecule has 1 aromatic carbocycles. The molecule has 1 aromatic rings. The molecular formula is C16H22N2O2. The number of benzene rings is 1. The highest BCUT2D eigenvalue weighted by atomic mass is 16.5. The maximum Gasteiger partial charge on any atom is 0.181 e. The van der Waals surface area contributed by atoms with Crippen molar-refractivity contribution in [1.29, 1.82) is 5.26 Å². The Morgan fingerprint density at radius 3 is 2.95 bits per heavy atom. The van der Waals surface area contributed by atoms with Crippen molar-refractivity contribution < 1.29 is 9.47 Å². The van der Waals surface area contributed by atoms with Crippen molar-refractivity contribution >= 4 is 0 Å². The summed E-state index contributed by atoms with van der Waals surface area (Å²) < 4.78 is 11.6. The zero-order chi connectivity index (χ0) is 14.8. The van der Waals surface area contributed by atoms with Crippen LogP contribution in [0, 0.1) is 11.3 Å². The minimum absolute atomic E-state index is 0.209. The largest absolute Gasteiger partial charge is 0.487 e. The van der Waals surface area contributed by atoms with Crippen molar-refractivity contribution in [3.05, 3.63) is 23.8 Å². The smallest absolute Gasteiger partial charge is 0.181 e. The highest BCUT2D eigenvalue weighted by Gasteiger charge is 2.33. The lowest BCUT2D eigenvalue weighted by Gasteiger charge is -2.38. The van der Waals surface area contributed by atoms with Gasteiger partial charge in [-0.25, -0.2) is 0 Å². The first-order chi connectivity index (χ1) is 9.45. The van der Waals surface area contributed by atoms with Gasteiger partial charge in [0.05, 0.1) is 0 Å². The van der Waals surface area contributed by atoms with Gasteiger partial charge in [-0.05, 0) is 33.4 Å². The number of hydrogen-bond donors (Lipinski definition) is 1. The summed E-state index contributed by atoms with van der Waals surface area (Å²) in [5.41, 5.74) is 0.947. The predicted octanol–water partition coefficient (Wildman–Crippen LogP) is 3.19. The number of rotatable bonds is 4. The molecule has 20 heavy (non-hydrogen) atoms. The third kappa shape index (κ3) is 3.23. The van der Waals surface area contributed by atoms with Gasteiger partial charge in [0, 0.05) is 24.1 Å². The van der Waals surface area contributed by atoms with Gasteiger partial charge >= 0.3 is 0 Å². The predicted molar refractivity (Wildman–Crippen MR) is 77.9 cm³/mol. The van der Waals surface area contributed by atoms with Gasteiger partial charge in [-0.3, -0.25) is 0 Å². The molecule has 2 rings (SSSR count). The Balaban J connectivity index is 2.30. The second kappa shape index (κ2) is 5.72. The zero-order valence-corrected chi connectivity index (χ0v) is 12.6. The van der Waals surface area contributed by atoms with Crippen LogP contribution in [0.3, 0.4) is 0 Å². The molecule has 108 valence electrons. The van der Waals surface area contributed by atoms with E-state index in [2.05, 4.69) is 32.2 Å². The lowest BCUT2D eigenvalue weighted by Crippen LogP contribution is -2.39. The van der Waals surface area contributed by atoms with Gasteiger partial charge in [-0.15, -0.1) is 0 Å². The summed E-state index contributed by atoms with van der Waals surface area (Å²) in [6, 6.07) is 8.17. The molecule has 1 heterocycles. The van der Waals surface area contributed by atoms with E-state index in [1.54, 1.807) is 6.92 Å². The van der Waals surface area contributed by atoms with E-state index in [9.17, 15) is 0 Å². The average molecular weight is 274 g/mol. The summed E-state index contributed by atoms with van der Waals surface area (Å²) in [6.45, 7) is 8.93. The molecule has 0 aromatic heterocycles. The van der Waals surface area contributed by atoms with Crippen LogP contribution < -0.4 is 14.8 Å². The average Bonchev–Trinajstić information content (AvgIpc) is 2.37. The van der Waals surface area contributed by atoms with Crippen LogP contribution in [0.1, 0.15) is 45.7 Å². The molecule has 0 spiro atoms. The number of nitriles is 1. The lowest BCUT2D eigenvalue weighted by atomic mass is 9.89. The second-order valence-electron chi connectivity index (χ2n) is 5.76. The van der Waals surface area contributed by atoms with Gasteiger partial charge in [0.2, 0.25) is 0 Å². The van der Waals surface area contributed by atoms with Crippen LogP contribution in [0.15, 0.2) is 18.2 Å². The number of nitrogens with one attached hydrogen (secondary N) is 1. The Bertz CT molecular complexity index is 520. The molecule has 0 amide bonds. The lowest BCUT2D eigenvalue weighted by molar-refractivity contribution is 0.0659. The maximum absolute atomic E-state index is 8.81. The minimum atomic E-state index is -0.464. The normalized spacial score (nSPS) is 21.2. The molecule has 1 N–H and O–H groups in total. The molecule has 1 aliphatic rings. The molecule has 0 aliphatic carbocycles. The minimum Gasteiger partial charge on any atom is -0.487 e. The van der Waals surface area contributed by atoms with Gasteiger partial charge in [0.1, 0.15) is 23.2 Å². The zero-order valence-electron chi connectivity index (χ0n) is 12.6. The first kappa shape index (κ1) is 14.7. The van der Waals surface area contributed by atoms with Crippen LogP contribution in [0.5, 0.6) is 11.5 Å². The van der Waals surface area contributed by atoms with Crippen LogP contribution in [0.2, 0.25) is 0 Å². The number of nitrogens with zero attached hydrogens (tertiary/aromatic N) is 1. The van der Waals surface area contributed by atoms with E-state index in [-0.39, 0.29) is 5.60 Å². The van der Waals surface area contributed by atoms with E-state index < -0.39 is 6.10 Å². The molecule has 2 atom stereocenters. The third-order valence-electron chi connectivity index (χ3n) is 3.39. The Kier molecular flexibility index (Phi) is 4.20. The Labute approximate surface area is 120 Å². The number of fused-ring (bicyclic) bond motifs is 1. The maximum atomic E-state index is 8.81. The fraction of sp³-hybridized carbons (Fsp3) is 0.562. The molecule has 0 saturated carbocycles. The Morgan fingerprint density at radius 2 is 2.30 bits per heavy atom. The first-order valence-electron chi connectivity index (χ1n) is 7.08. The Morgan fingerprint density at radius 1 is 1.55 bits per heavy atom. The topological polar surface area (TPSA) is 54.3 Å². The molecule has 0 radical (unpaired) electrons. The van der Waals surface area contributed by atoms with Gasteiger partial charge < -0.3 is 14.8 Å². The van der Waals surface area contributed by atoms with Crippen LogP contribution in [-0.4, -0.2) is 18.2 Å². The summed E-state index contributed by atoms with van der Waals surface area (Å²) >= 11 is 0. The van der Waals surface area contributed by atoms with Gasteiger partial charge in [0.25, 0.3) is 0 Å². The summed E-state index contributed by atoms with van der Waals surface area (Å²) in [5, 5.41) is 12.3. The molecule has 0 fully saturated rings. The fourth-order valence-corrected chi connectivity index (χ4v) is 2.56. The van der Waals surface area contributed by atoms with E-state index >= 15 is 0 Å². The highest BCUT2D eigenvalue weighted by Crippen LogP contribution is 2.41. The van der Waals surface area contributed by atoms with Gasteiger partial charge in [-0.2, -0.15) is 5.26 Å². The van der Waals surface area contributed by atoms with Crippen LogP contribution in [-0.2, 0) is 0 Å². The van der Waals surface area contributed by atoms with Crippen molar-refractivity contribution in [1.82, 2.24) is 5.32 Å². The van der Waals surface area contributed by atoms with Crippen molar-refractivity contribution in [2.45, 2.75) is 51.9 Å². The van der Waals surface area contributed by atoms with Crippen LogP contribution in [0.4, 0.5) is 0 Å². The SMILES string of the molecule is CCNC1CC(C)(C)Oc2cc(OC(C)C#N)ccc21. The summed E-state index contributed by atoms with van der Waals surface area (Å²) in [7, 11) is 0. The molecule has 4 nitrogen and oxygen atoms in total. The van der Waals surface area contributed by atoms with E-state index in [1.165, 1.54) is 0 Å². The van der Waals surface area contributed by atoms with Crippen molar-refractivity contribution in [3.63, 3.8) is 0 Å². The molecule has 4 heteroatoms. The first-order valence-corrected chi connectivity index (χ1v) is 7.08. The van der Waals surface area contributed by atoms with Crippen LogP contribution in [0.25, 0.3) is 0 Å². The molecular weight excluding hydrogens is 252 g/mol. The standard InChI is InChI=1S/C16H22N2O2/c1-5-18-14-9-16(3,4)20-15-8-12(6-7-13(14)15)19-11(2)10-17/h6-8,11,14,18H,5,9H2,1-4H3. The highest BCUT2D eigenvalue weighted by molar-refractivity contribution is 5.44. The van der Waals surface area contributed by atoms with E-state index in [0.717, 1.165) is 24.3 Å². The number of ether oxygens (including phenoxy) is 2. The number of hydrogen-bond acceptors (Lipinski definition) is 4. The quantitative estimate of drug-likeness (QED) is 0.916. The summed E-state index contributed by atoms with van der Waals surface area (Å²) in [6.07, 6.45) is 0.469. The van der Waals surface area contributed by atoms with Crippen molar-refractivity contribution in [2.75, 3.05) is 6.54 Å². The van der Waals surface area contributed by atoms with Gasteiger partial charge in [0.15, 0.2) is 6.10 Å². The van der Waals surface area contributed by atoms with E-state index in [4.69, 9.17) is 14.7 Å². The van der Waals surface area contributed by atoms with Gasteiger partial charge in [-0.1, -0.05) is 13.0 Å². The fourth-order valence-electron chi connectivity index (χ4n) is 2.56. The molecule has 0 bridgehead atoms. The molecule has 0 saturated heterocycles. The summed E-state index contributed by atoms with van der Waals surface area (Å²) in [5.74, 6) is 1.51. The monoisotopic (exact) mass is 274 g/mol. The third-order valence-corrected chi connectivity index (χ3v) is 3.39. The van der Waals surface area contributed by atoms with E-state index in [0.29, 0.717) is 11.8 Å². The second-order valence-corrected chi connectivity index (χ2v) is 5.76. The molecule has 1 aliphatic heterocycles.